The van der Waals surface area contributed by atoms with Gasteiger partial charge >= 0.3 is 5.97 Å². The van der Waals surface area contributed by atoms with E-state index >= 15 is 0 Å². The van der Waals surface area contributed by atoms with Crippen LogP contribution < -0.4 is 10.5 Å². The number of rotatable bonds is 8. The van der Waals surface area contributed by atoms with Gasteiger partial charge in [-0.3, -0.25) is 0 Å². The Morgan fingerprint density at radius 1 is 1.30 bits per heavy atom. The summed E-state index contributed by atoms with van der Waals surface area (Å²) >= 11 is 0. The van der Waals surface area contributed by atoms with E-state index in [9.17, 15) is 4.79 Å². The van der Waals surface area contributed by atoms with E-state index in [2.05, 4.69) is 6.92 Å². The Balaban J connectivity index is 2.53. The van der Waals surface area contributed by atoms with Crippen molar-refractivity contribution in [3.8, 4) is 5.75 Å². The quantitative estimate of drug-likeness (QED) is 0.447. The summed E-state index contributed by atoms with van der Waals surface area (Å²) in [7, 11) is 1.51. The van der Waals surface area contributed by atoms with Crippen molar-refractivity contribution >= 4 is 11.7 Å². The number of hydrogen-bond acceptors (Lipinski definition) is 4. The lowest BCUT2D eigenvalue weighted by Gasteiger charge is -2.14. The monoisotopic (exact) mass is 279 g/mol. The predicted molar refractivity (Wildman–Crippen MR) is 81.0 cm³/mol. The van der Waals surface area contributed by atoms with E-state index in [1.807, 2.05) is 6.92 Å². The van der Waals surface area contributed by atoms with Crippen LogP contribution in [-0.4, -0.2) is 19.2 Å². The van der Waals surface area contributed by atoms with Crippen LogP contribution in [0.3, 0.4) is 0 Å². The molecule has 4 nitrogen and oxygen atoms in total. The van der Waals surface area contributed by atoms with Gasteiger partial charge in [-0.15, -0.1) is 0 Å². The van der Waals surface area contributed by atoms with Gasteiger partial charge in [0.05, 0.1) is 13.2 Å². The molecular formula is C16H25NO3. The molecular weight excluding hydrogens is 254 g/mol. The second-order valence-corrected chi connectivity index (χ2v) is 5.02. The molecule has 0 bridgehead atoms. The number of benzene rings is 1. The van der Waals surface area contributed by atoms with Crippen LogP contribution in [0.1, 0.15) is 56.3 Å². The molecule has 0 saturated carbocycles. The van der Waals surface area contributed by atoms with E-state index in [-0.39, 0.29) is 12.1 Å². The molecule has 0 aromatic heterocycles. The molecule has 1 aromatic rings. The lowest BCUT2D eigenvalue weighted by atomic mass is 10.1. The first-order valence-corrected chi connectivity index (χ1v) is 7.23. The van der Waals surface area contributed by atoms with E-state index in [1.165, 1.54) is 26.4 Å². The first kappa shape index (κ1) is 16.3. The molecule has 0 spiro atoms. The van der Waals surface area contributed by atoms with Crippen molar-refractivity contribution in [2.24, 2.45) is 0 Å². The molecule has 1 aromatic carbocycles. The van der Waals surface area contributed by atoms with Crippen molar-refractivity contribution in [1.82, 2.24) is 0 Å². The maximum absolute atomic E-state index is 12.1. The van der Waals surface area contributed by atoms with Crippen molar-refractivity contribution in [3.05, 3.63) is 23.8 Å². The van der Waals surface area contributed by atoms with Crippen LogP contribution in [0.5, 0.6) is 5.75 Å². The van der Waals surface area contributed by atoms with Gasteiger partial charge in [0.2, 0.25) is 0 Å². The van der Waals surface area contributed by atoms with Crippen molar-refractivity contribution in [1.29, 1.82) is 0 Å². The van der Waals surface area contributed by atoms with Gasteiger partial charge in [0.1, 0.15) is 11.3 Å². The van der Waals surface area contributed by atoms with Gasteiger partial charge < -0.3 is 15.2 Å². The highest BCUT2D eigenvalue weighted by molar-refractivity contribution is 5.93. The molecule has 0 fully saturated rings. The summed E-state index contributed by atoms with van der Waals surface area (Å²) in [5.41, 5.74) is 6.65. The number of esters is 1. The van der Waals surface area contributed by atoms with E-state index in [0.717, 1.165) is 12.8 Å². The highest BCUT2D eigenvalue weighted by atomic mass is 16.5. The topological polar surface area (TPSA) is 61.5 Å². The minimum Gasteiger partial charge on any atom is -0.496 e. The Bertz CT molecular complexity index is 432. The highest BCUT2D eigenvalue weighted by Gasteiger charge is 2.16. The molecule has 2 N–H and O–H groups in total. The average molecular weight is 279 g/mol. The molecule has 0 aliphatic carbocycles. The number of hydrogen-bond donors (Lipinski definition) is 1. The van der Waals surface area contributed by atoms with Gasteiger partial charge in [-0.05, 0) is 31.9 Å². The largest absolute Gasteiger partial charge is 0.496 e. The Morgan fingerprint density at radius 2 is 2.05 bits per heavy atom. The smallest absolute Gasteiger partial charge is 0.342 e. The molecule has 1 rings (SSSR count). The fourth-order valence-corrected chi connectivity index (χ4v) is 2.04. The molecule has 0 saturated heterocycles. The summed E-state index contributed by atoms with van der Waals surface area (Å²) in [6.45, 7) is 4.10. The molecule has 0 aliphatic rings. The molecule has 1 atom stereocenters. The number of methoxy groups -OCH3 is 1. The van der Waals surface area contributed by atoms with Gasteiger partial charge in [-0.2, -0.15) is 0 Å². The summed E-state index contributed by atoms with van der Waals surface area (Å²) in [4.78, 5) is 12.1. The zero-order valence-corrected chi connectivity index (χ0v) is 12.6. The normalized spacial score (nSPS) is 11.9. The summed E-state index contributed by atoms with van der Waals surface area (Å²) < 4.78 is 10.6. The van der Waals surface area contributed by atoms with Gasteiger partial charge in [-0.25, -0.2) is 4.79 Å². The minimum atomic E-state index is -0.357. The Morgan fingerprint density at radius 3 is 2.70 bits per heavy atom. The lowest BCUT2D eigenvalue weighted by Crippen LogP contribution is -2.16. The van der Waals surface area contributed by atoms with Crippen molar-refractivity contribution in [2.45, 2.75) is 52.1 Å². The minimum absolute atomic E-state index is 0.0818. The molecule has 0 aliphatic heterocycles. The van der Waals surface area contributed by atoms with E-state index < -0.39 is 0 Å². The summed E-state index contributed by atoms with van der Waals surface area (Å²) in [6, 6.07) is 4.94. The molecule has 0 amide bonds. The van der Waals surface area contributed by atoms with Crippen molar-refractivity contribution < 1.29 is 14.3 Å². The zero-order valence-electron chi connectivity index (χ0n) is 12.6. The first-order valence-electron chi connectivity index (χ1n) is 7.23. The standard InChI is InChI=1S/C16H25NO3/c1-4-5-6-7-8-12(2)20-16(18)14-10-9-13(17)11-15(14)19-3/h9-12H,4-8,17H2,1-3H3. The highest BCUT2D eigenvalue weighted by Crippen LogP contribution is 2.23. The molecule has 112 valence electrons. The van der Waals surface area contributed by atoms with Crippen LogP contribution >= 0.6 is 0 Å². The fraction of sp³-hybridized carbons (Fsp3) is 0.562. The van der Waals surface area contributed by atoms with Gasteiger partial charge in [0, 0.05) is 11.8 Å². The molecule has 20 heavy (non-hydrogen) atoms. The van der Waals surface area contributed by atoms with Crippen LogP contribution in [-0.2, 0) is 4.74 Å². The summed E-state index contributed by atoms with van der Waals surface area (Å²) in [5.74, 6) is 0.0954. The Labute approximate surface area is 121 Å². The third-order valence-electron chi connectivity index (χ3n) is 3.22. The maximum atomic E-state index is 12.1. The summed E-state index contributed by atoms with van der Waals surface area (Å²) in [5, 5.41) is 0. The lowest BCUT2D eigenvalue weighted by molar-refractivity contribution is 0.0316. The third-order valence-corrected chi connectivity index (χ3v) is 3.22. The Kier molecular flexibility index (Phi) is 6.91. The van der Waals surface area contributed by atoms with E-state index in [4.69, 9.17) is 15.2 Å². The number of anilines is 1. The van der Waals surface area contributed by atoms with Crippen LogP contribution in [0.2, 0.25) is 0 Å². The van der Waals surface area contributed by atoms with Crippen molar-refractivity contribution in [3.63, 3.8) is 0 Å². The third kappa shape index (κ3) is 5.11. The number of ether oxygens (including phenoxy) is 2. The van der Waals surface area contributed by atoms with Gasteiger partial charge in [0.15, 0.2) is 0 Å². The number of carbonyl (C=O) groups is 1. The SMILES string of the molecule is CCCCCCC(C)OC(=O)c1ccc(N)cc1OC. The summed E-state index contributed by atoms with van der Waals surface area (Å²) in [6.07, 6.45) is 5.51. The van der Waals surface area contributed by atoms with Crippen LogP contribution in [0.15, 0.2) is 18.2 Å². The molecule has 1 unspecified atom stereocenters. The average Bonchev–Trinajstić information content (AvgIpc) is 2.43. The Hall–Kier alpha value is -1.71. The second kappa shape index (κ2) is 8.46. The van der Waals surface area contributed by atoms with Crippen LogP contribution in [0, 0.1) is 0 Å². The number of unbranched alkanes of at least 4 members (excludes halogenated alkanes) is 3. The fourth-order valence-electron chi connectivity index (χ4n) is 2.04. The van der Waals surface area contributed by atoms with Crippen molar-refractivity contribution in [2.75, 3.05) is 12.8 Å². The van der Waals surface area contributed by atoms with E-state index in [1.54, 1.807) is 18.2 Å². The van der Waals surface area contributed by atoms with Gasteiger partial charge in [0.25, 0.3) is 0 Å². The molecule has 4 heteroatoms. The number of nitrogens with two attached hydrogens (primary N) is 1. The van der Waals surface area contributed by atoms with Crippen LogP contribution in [0.25, 0.3) is 0 Å². The second-order valence-electron chi connectivity index (χ2n) is 5.02. The zero-order chi connectivity index (χ0) is 15.0. The first-order chi connectivity index (χ1) is 9.58. The van der Waals surface area contributed by atoms with Crippen LogP contribution in [0.4, 0.5) is 5.69 Å². The molecule has 0 heterocycles. The molecule has 0 radical (unpaired) electrons. The predicted octanol–water partition coefficient (Wildman–Crippen LogP) is 3.79. The number of nitrogen functional groups attached to an aromatic ring is 1. The number of carbonyl (C=O) groups excluding carboxylic acids is 1. The van der Waals surface area contributed by atoms with E-state index in [0.29, 0.717) is 17.0 Å². The van der Waals surface area contributed by atoms with Gasteiger partial charge in [-0.1, -0.05) is 26.2 Å². The maximum Gasteiger partial charge on any atom is 0.342 e.